The number of hydrogen-bond donors (Lipinski definition) is 1. The van der Waals surface area contributed by atoms with Crippen LogP contribution in [0, 0.1) is 0 Å². The van der Waals surface area contributed by atoms with Gasteiger partial charge in [-0.2, -0.15) is 26.3 Å². The van der Waals surface area contributed by atoms with E-state index in [1.807, 2.05) is 0 Å². The van der Waals surface area contributed by atoms with Gasteiger partial charge in [-0.05, 0) is 53.1 Å². The molecule has 0 fully saturated rings. The molecule has 10 heteroatoms. The zero-order chi connectivity index (χ0) is 29.8. The molecule has 1 N–H and O–H groups in total. The summed E-state index contributed by atoms with van der Waals surface area (Å²) in [5.74, 6) is -1.73. The highest BCUT2D eigenvalue weighted by molar-refractivity contribution is 5.98. The van der Waals surface area contributed by atoms with Gasteiger partial charge in [0.2, 0.25) is 0 Å². The smallest absolute Gasteiger partial charge is 0.416 e. The predicted octanol–water partition coefficient (Wildman–Crippen LogP) is 7.57. The van der Waals surface area contributed by atoms with Crippen LogP contribution in [0.1, 0.15) is 45.1 Å². The number of alkyl halides is 6. The Morgan fingerprint density at radius 3 is 1.66 bits per heavy atom. The number of esters is 1. The molecule has 0 unspecified atom stereocenters. The lowest BCUT2D eigenvalue weighted by atomic mass is 9.76. The fraction of sp³-hybridized carbons (Fsp3) is 0.161. The van der Waals surface area contributed by atoms with E-state index in [1.54, 1.807) is 30.3 Å². The second-order valence-corrected chi connectivity index (χ2v) is 9.27. The summed E-state index contributed by atoms with van der Waals surface area (Å²) in [6, 6.07) is 22.2. The summed E-state index contributed by atoms with van der Waals surface area (Å²) in [4.78, 5) is 25.5. The van der Waals surface area contributed by atoms with Gasteiger partial charge in [-0.25, -0.2) is 0 Å². The van der Waals surface area contributed by atoms with E-state index in [-0.39, 0.29) is 28.9 Å². The van der Waals surface area contributed by atoms with Crippen molar-refractivity contribution in [2.45, 2.75) is 31.2 Å². The molecule has 0 saturated carbocycles. The first-order valence-corrected chi connectivity index (χ1v) is 12.3. The minimum atomic E-state index is -4.77. The molecule has 0 spiro atoms. The first-order valence-electron chi connectivity index (χ1n) is 12.3. The molecule has 0 atom stereocenters. The number of nitrogens with one attached hydrogen (secondary N) is 1. The van der Waals surface area contributed by atoms with Gasteiger partial charge in [0, 0.05) is 13.3 Å². The topological polar surface area (TPSA) is 55.4 Å². The number of ether oxygens (including phenoxy) is 1. The van der Waals surface area contributed by atoms with Gasteiger partial charge in [-0.15, -0.1) is 0 Å². The quantitative estimate of drug-likeness (QED) is 0.142. The van der Waals surface area contributed by atoms with Gasteiger partial charge in [0.05, 0.1) is 22.2 Å². The van der Waals surface area contributed by atoms with Crippen molar-refractivity contribution in [1.82, 2.24) is 5.32 Å². The summed E-state index contributed by atoms with van der Waals surface area (Å²) in [5, 5.41) is 2.73. The molecule has 0 aromatic heterocycles. The Morgan fingerprint density at radius 2 is 1.15 bits per heavy atom. The summed E-state index contributed by atoms with van der Waals surface area (Å²) in [6.45, 7) is 1.12. The standard InChI is InChI=1S/C31H23F6NO3/c1-20(39)41-27-16-6-5-15-26(27)28(40)38-29(19-21-9-3-2-4-10-21,22-11-7-13-24(17-22)30(32,33)34)23-12-8-14-25(18-23)31(35,36)37/h2-18H,19H2,1H3,(H,38,40). The van der Waals surface area contributed by atoms with Gasteiger partial charge in [0.1, 0.15) is 5.75 Å². The van der Waals surface area contributed by atoms with Crippen molar-refractivity contribution in [2.24, 2.45) is 0 Å². The molecule has 4 aromatic carbocycles. The second-order valence-electron chi connectivity index (χ2n) is 9.27. The van der Waals surface area contributed by atoms with E-state index in [4.69, 9.17) is 4.74 Å². The van der Waals surface area contributed by atoms with E-state index in [0.29, 0.717) is 5.56 Å². The van der Waals surface area contributed by atoms with E-state index >= 15 is 0 Å². The molecular formula is C31H23F6NO3. The minimum absolute atomic E-state index is 0.103. The molecule has 0 heterocycles. The summed E-state index contributed by atoms with van der Waals surface area (Å²) in [6.07, 6.45) is -9.75. The van der Waals surface area contributed by atoms with Crippen molar-refractivity contribution >= 4 is 11.9 Å². The Hall–Kier alpha value is -4.60. The highest BCUT2D eigenvalue weighted by Crippen LogP contribution is 2.40. The van der Waals surface area contributed by atoms with E-state index < -0.39 is 40.9 Å². The number of halogens is 6. The van der Waals surface area contributed by atoms with Crippen LogP contribution >= 0.6 is 0 Å². The number of carbonyl (C=O) groups is 2. The van der Waals surface area contributed by atoms with Crippen LogP contribution in [-0.4, -0.2) is 11.9 Å². The Bertz CT molecular complexity index is 1490. The van der Waals surface area contributed by atoms with Crippen LogP contribution in [0.4, 0.5) is 26.3 Å². The molecule has 0 aliphatic heterocycles. The molecule has 1 amide bonds. The van der Waals surface area contributed by atoms with Crippen LogP contribution in [0.3, 0.4) is 0 Å². The molecule has 0 radical (unpaired) electrons. The lowest BCUT2D eigenvalue weighted by molar-refractivity contribution is -0.138. The Balaban J connectivity index is 2.00. The molecule has 0 aliphatic rings. The molecule has 4 nitrogen and oxygen atoms in total. The first kappa shape index (κ1) is 29.4. The molecule has 0 aliphatic carbocycles. The third-order valence-electron chi connectivity index (χ3n) is 6.39. The summed E-state index contributed by atoms with van der Waals surface area (Å²) >= 11 is 0. The maximum atomic E-state index is 13.8. The van der Waals surface area contributed by atoms with Gasteiger partial charge in [-0.1, -0.05) is 66.7 Å². The third kappa shape index (κ3) is 6.77. The maximum absolute atomic E-state index is 13.8. The number of amides is 1. The number of para-hydroxylation sites is 1. The van der Waals surface area contributed by atoms with Crippen molar-refractivity contribution in [3.05, 3.63) is 137 Å². The van der Waals surface area contributed by atoms with E-state index in [0.717, 1.165) is 43.3 Å². The molecule has 4 rings (SSSR count). The normalized spacial score (nSPS) is 12.1. The zero-order valence-electron chi connectivity index (χ0n) is 21.5. The molecule has 41 heavy (non-hydrogen) atoms. The summed E-state index contributed by atoms with van der Waals surface area (Å²) in [7, 11) is 0. The van der Waals surface area contributed by atoms with Crippen LogP contribution in [0.15, 0.2) is 103 Å². The molecule has 0 saturated heterocycles. The predicted molar refractivity (Wildman–Crippen MR) is 139 cm³/mol. The fourth-order valence-corrected chi connectivity index (χ4v) is 4.54. The van der Waals surface area contributed by atoms with Crippen molar-refractivity contribution in [1.29, 1.82) is 0 Å². The van der Waals surface area contributed by atoms with Gasteiger partial charge >= 0.3 is 18.3 Å². The van der Waals surface area contributed by atoms with Gasteiger partial charge in [0.25, 0.3) is 5.91 Å². The number of carbonyl (C=O) groups excluding carboxylic acids is 2. The lowest BCUT2D eigenvalue weighted by Gasteiger charge is -2.37. The highest BCUT2D eigenvalue weighted by atomic mass is 19.4. The number of benzene rings is 4. The van der Waals surface area contributed by atoms with Gasteiger partial charge in [-0.3, -0.25) is 9.59 Å². The average molecular weight is 572 g/mol. The second kappa shape index (κ2) is 11.5. The molecule has 212 valence electrons. The van der Waals surface area contributed by atoms with Crippen LogP contribution in [0.2, 0.25) is 0 Å². The Labute approximate surface area is 231 Å². The van der Waals surface area contributed by atoms with E-state index in [1.165, 1.54) is 36.4 Å². The highest BCUT2D eigenvalue weighted by Gasteiger charge is 2.41. The molecule has 0 bridgehead atoms. The fourth-order valence-electron chi connectivity index (χ4n) is 4.54. The largest absolute Gasteiger partial charge is 0.426 e. The van der Waals surface area contributed by atoms with Gasteiger partial charge < -0.3 is 10.1 Å². The SMILES string of the molecule is CC(=O)Oc1ccccc1C(=O)NC(Cc1ccccc1)(c1cccc(C(F)(F)F)c1)c1cccc(C(F)(F)F)c1. The zero-order valence-corrected chi connectivity index (χ0v) is 21.5. The van der Waals surface area contributed by atoms with Crippen molar-refractivity contribution in [3.63, 3.8) is 0 Å². The summed E-state index contributed by atoms with van der Waals surface area (Å²) < 4.78 is 88.1. The lowest BCUT2D eigenvalue weighted by Crippen LogP contribution is -2.49. The van der Waals surface area contributed by atoms with Gasteiger partial charge in [0.15, 0.2) is 0 Å². The van der Waals surface area contributed by atoms with Crippen LogP contribution in [0.5, 0.6) is 5.75 Å². The van der Waals surface area contributed by atoms with Crippen molar-refractivity contribution in [2.75, 3.05) is 0 Å². The monoisotopic (exact) mass is 571 g/mol. The average Bonchev–Trinajstić information content (AvgIpc) is 2.92. The van der Waals surface area contributed by atoms with E-state index in [9.17, 15) is 35.9 Å². The van der Waals surface area contributed by atoms with E-state index in [2.05, 4.69) is 5.32 Å². The Kier molecular flexibility index (Phi) is 8.23. The number of rotatable bonds is 7. The third-order valence-corrected chi connectivity index (χ3v) is 6.39. The number of hydrogen-bond acceptors (Lipinski definition) is 3. The van der Waals surface area contributed by atoms with Crippen LogP contribution in [0.25, 0.3) is 0 Å². The van der Waals surface area contributed by atoms with Crippen LogP contribution in [-0.2, 0) is 29.1 Å². The Morgan fingerprint density at radius 1 is 0.659 bits per heavy atom. The summed E-state index contributed by atoms with van der Waals surface area (Å²) in [5.41, 5.74) is -3.84. The molecule has 4 aromatic rings. The van der Waals surface area contributed by atoms with Crippen molar-refractivity contribution in [3.8, 4) is 5.75 Å². The van der Waals surface area contributed by atoms with Crippen molar-refractivity contribution < 1.29 is 40.7 Å². The first-order chi connectivity index (χ1) is 19.3. The van der Waals surface area contributed by atoms with Crippen LogP contribution < -0.4 is 10.1 Å². The molecular weight excluding hydrogens is 548 g/mol. The minimum Gasteiger partial charge on any atom is -0.426 e. The maximum Gasteiger partial charge on any atom is 0.416 e.